The SMILES string of the molecule is CC1CCCC(C)N1c1ccc(C=O)c([N+](=O)[O-])c1. The third-order valence-corrected chi connectivity index (χ3v) is 3.83. The van der Waals surface area contributed by atoms with E-state index in [1.54, 1.807) is 6.07 Å². The van der Waals surface area contributed by atoms with E-state index in [0.717, 1.165) is 18.5 Å². The van der Waals surface area contributed by atoms with E-state index in [2.05, 4.69) is 18.7 Å². The number of aldehydes is 1. The van der Waals surface area contributed by atoms with Crippen molar-refractivity contribution in [3.8, 4) is 0 Å². The maximum atomic E-state index is 11.0. The average molecular weight is 262 g/mol. The number of hydrogen-bond donors (Lipinski definition) is 0. The molecule has 1 aliphatic rings. The molecule has 1 fully saturated rings. The molecule has 19 heavy (non-hydrogen) atoms. The summed E-state index contributed by atoms with van der Waals surface area (Å²) in [5.74, 6) is 0. The Kier molecular flexibility index (Phi) is 3.83. The second kappa shape index (κ2) is 5.38. The van der Waals surface area contributed by atoms with Gasteiger partial charge in [0, 0.05) is 23.8 Å². The second-order valence-corrected chi connectivity index (χ2v) is 5.15. The third kappa shape index (κ3) is 2.59. The van der Waals surface area contributed by atoms with Crippen LogP contribution < -0.4 is 4.90 Å². The summed E-state index contributed by atoms with van der Waals surface area (Å²) in [5.41, 5.74) is 0.848. The molecule has 2 unspecified atom stereocenters. The summed E-state index contributed by atoms with van der Waals surface area (Å²) >= 11 is 0. The number of piperidine rings is 1. The van der Waals surface area contributed by atoms with E-state index in [1.165, 1.54) is 18.6 Å². The first-order valence-electron chi connectivity index (χ1n) is 6.56. The largest absolute Gasteiger partial charge is 0.366 e. The van der Waals surface area contributed by atoms with Gasteiger partial charge in [-0.05, 0) is 45.2 Å². The van der Waals surface area contributed by atoms with Crippen LogP contribution in [0.2, 0.25) is 0 Å². The maximum absolute atomic E-state index is 11.0. The van der Waals surface area contributed by atoms with Crippen LogP contribution in [0.15, 0.2) is 18.2 Å². The van der Waals surface area contributed by atoms with Gasteiger partial charge in [-0.3, -0.25) is 14.9 Å². The van der Waals surface area contributed by atoms with Crippen LogP contribution in [-0.2, 0) is 0 Å². The van der Waals surface area contributed by atoms with Crippen molar-refractivity contribution in [3.05, 3.63) is 33.9 Å². The van der Waals surface area contributed by atoms with Crippen molar-refractivity contribution in [1.82, 2.24) is 0 Å². The zero-order chi connectivity index (χ0) is 14.0. The number of benzene rings is 1. The molecule has 2 atom stereocenters. The lowest BCUT2D eigenvalue weighted by Gasteiger charge is -2.40. The maximum Gasteiger partial charge on any atom is 0.281 e. The molecule has 5 heteroatoms. The topological polar surface area (TPSA) is 63.5 Å². The molecule has 0 radical (unpaired) electrons. The lowest BCUT2D eigenvalue weighted by Crippen LogP contribution is -2.43. The number of nitro groups is 1. The first-order chi connectivity index (χ1) is 9.04. The average Bonchev–Trinajstić information content (AvgIpc) is 2.38. The third-order valence-electron chi connectivity index (χ3n) is 3.83. The van der Waals surface area contributed by atoms with Crippen molar-refractivity contribution in [2.45, 2.75) is 45.2 Å². The molecule has 0 bridgehead atoms. The van der Waals surface area contributed by atoms with Gasteiger partial charge >= 0.3 is 0 Å². The van der Waals surface area contributed by atoms with Gasteiger partial charge in [-0.1, -0.05) is 0 Å². The Labute approximate surface area is 112 Å². The van der Waals surface area contributed by atoms with Gasteiger partial charge < -0.3 is 4.90 Å². The normalized spacial score (nSPS) is 23.2. The summed E-state index contributed by atoms with van der Waals surface area (Å²) in [6, 6.07) is 5.59. The summed E-state index contributed by atoms with van der Waals surface area (Å²) in [5, 5.41) is 11.0. The number of carbonyl (C=O) groups is 1. The van der Waals surface area contributed by atoms with E-state index < -0.39 is 4.92 Å². The summed E-state index contributed by atoms with van der Waals surface area (Å²) in [7, 11) is 0. The smallest absolute Gasteiger partial charge is 0.281 e. The highest BCUT2D eigenvalue weighted by Gasteiger charge is 2.26. The van der Waals surface area contributed by atoms with Crippen LogP contribution in [0.5, 0.6) is 0 Å². The quantitative estimate of drug-likeness (QED) is 0.477. The van der Waals surface area contributed by atoms with Gasteiger partial charge in [-0.2, -0.15) is 0 Å². The zero-order valence-corrected chi connectivity index (χ0v) is 11.2. The monoisotopic (exact) mass is 262 g/mol. The molecule has 0 aliphatic carbocycles. The summed E-state index contributed by atoms with van der Waals surface area (Å²) in [4.78, 5) is 23.6. The summed E-state index contributed by atoms with van der Waals surface area (Å²) < 4.78 is 0. The van der Waals surface area contributed by atoms with Crippen molar-refractivity contribution in [1.29, 1.82) is 0 Å². The van der Waals surface area contributed by atoms with Gasteiger partial charge in [0.1, 0.15) is 0 Å². The van der Waals surface area contributed by atoms with Crippen molar-refractivity contribution in [2.24, 2.45) is 0 Å². The summed E-state index contributed by atoms with van der Waals surface area (Å²) in [6.07, 6.45) is 3.90. The number of nitro benzene ring substituents is 1. The fourth-order valence-corrected chi connectivity index (χ4v) is 2.88. The van der Waals surface area contributed by atoms with E-state index in [1.807, 2.05) is 0 Å². The Morgan fingerprint density at radius 1 is 1.32 bits per heavy atom. The van der Waals surface area contributed by atoms with Gasteiger partial charge in [0.25, 0.3) is 5.69 Å². The van der Waals surface area contributed by atoms with E-state index in [-0.39, 0.29) is 11.3 Å². The number of nitrogens with zero attached hydrogens (tertiary/aromatic N) is 2. The van der Waals surface area contributed by atoms with Crippen LogP contribution in [0.3, 0.4) is 0 Å². The van der Waals surface area contributed by atoms with E-state index >= 15 is 0 Å². The molecule has 5 nitrogen and oxygen atoms in total. The molecule has 1 heterocycles. The molecule has 1 saturated heterocycles. The van der Waals surface area contributed by atoms with Crippen molar-refractivity contribution >= 4 is 17.7 Å². The number of hydrogen-bond acceptors (Lipinski definition) is 4. The Balaban J connectivity index is 2.42. The number of carbonyl (C=O) groups excluding carboxylic acids is 1. The molecule has 0 spiro atoms. The summed E-state index contributed by atoms with van der Waals surface area (Å²) in [6.45, 7) is 4.27. The predicted molar refractivity (Wildman–Crippen MR) is 73.7 cm³/mol. The zero-order valence-electron chi connectivity index (χ0n) is 11.2. The molecule has 2 rings (SSSR count). The number of rotatable bonds is 3. The van der Waals surface area contributed by atoms with Gasteiger partial charge in [-0.25, -0.2) is 0 Å². The Hall–Kier alpha value is -1.91. The highest BCUT2D eigenvalue weighted by Crippen LogP contribution is 2.32. The minimum absolute atomic E-state index is 0.113. The van der Waals surface area contributed by atoms with E-state index in [0.29, 0.717) is 18.4 Å². The minimum atomic E-state index is -0.494. The van der Waals surface area contributed by atoms with Crippen LogP contribution in [0, 0.1) is 10.1 Å². The molecule has 1 aliphatic heterocycles. The van der Waals surface area contributed by atoms with Gasteiger partial charge in [-0.15, -0.1) is 0 Å². The van der Waals surface area contributed by atoms with E-state index in [4.69, 9.17) is 0 Å². The first-order valence-corrected chi connectivity index (χ1v) is 6.56. The molecule has 102 valence electrons. The minimum Gasteiger partial charge on any atom is -0.366 e. The van der Waals surface area contributed by atoms with Crippen LogP contribution in [0.1, 0.15) is 43.5 Å². The lowest BCUT2D eigenvalue weighted by atomic mass is 9.96. The van der Waals surface area contributed by atoms with Crippen LogP contribution in [0.25, 0.3) is 0 Å². The van der Waals surface area contributed by atoms with Crippen LogP contribution in [0.4, 0.5) is 11.4 Å². The van der Waals surface area contributed by atoms with Gasteiger partial charge in [0.05, 0.1) is 10.5 Å². The highest BCUT2D eigenvalue weighted by molar-refractivity contribution is 5.83. The van der Waals surface area contributed by atoms with E-state index in [9.17, 15) is 14.9 Å². The van der Waals surface area contributed by atoms with Crippen molar-refractivity contribution < 1.29 is 9.72 Å². The highest BCUT2D eigenvalue weighted by atomic mass is 16.6. The number of anilines is 1. The van der Waals surface area contributed by atoms with Gasteiger partial charge in [0.2, 0.25) is 0 Å². The Bertz CT molecular complexity index is 491. The molecule has 0 amide bonds. The first kappa shape index (κ1) is 13.5. The van der Waals surface area contributed by atoms with Crippen LogP contribution >= 0.6 is 0 Å². The molecular formula is C14H18N2O3. The second-order valence-electron chi connectivity index (χ2n) is 5.15. The van der Waals surface area contributed by atoms with Gasteiger partial charge in [0.15, 0.2) is 6.29 Å². The molecule has 0 saturated carbocycles. The molecule has 0 N–H and O–H groups in total. The fourth-order valence-electron chi connectivity index (χ4n) is 2.88. The van der Waals surface area contributed by atoms with Crippen LogP contribution in [-0.4, -0.2) is 23.3 Å². The predicted octanol–water partition coefficient (Wildman–Crippen LogP) is 3.17. The fraction of sp³-hybridized carbons (Fsp3) is 0.500. The van der Waals surface area contributed by atoms with Crippen molar-refractivity contribution in [3.63, 3.8) is 0 Å². The molecule has 1 aromatic rings. The molecule has 0 aromatic heterocycles. The molecule has 1 aromatic carbocycles. The Morgan fingerprint density at radius 3 is 2.47 bits per heavy atom. The standard InChI is InChI=1S/C14H18N2O3/c1-10-4-3-5-11(2)15(10)13-7-6-12(9-17)14(8-13)16(18)19/h6-11H,3-5H2,1-2H3. The lowest BCUT2D eigenvalue weighted by molar-refractivity contribution is -0.385. The Morgan fingerprint density at radius 2 is 1.95 bits per heavy atom. The van der Waals surface area contributed by atoms with Crippen molar-refractivity contribution in [2.75, 3.05) is 4.90 Å². The molecular weight excluding hydrogens is 244 g/mol.